The Morgan fingerprint density at radius 3 is 2.71 bits per heavy atom. The molecule has 0 radical (unpaired) electrons. The van der Waals surface area contributed by atoms with E-state index in [4.69, 9.17) is 0 Å². The third-order valence-electron chi connectivity index (χ3n) is 3.96. The third kappa shape index (κ3) is 2.70. The van der Waals surface area contributed by atoms with Crippen LogP contribution in [0.4, 0.5) is 10.1 Å². The van der Waals surface area contributed by atoms with Gasteiger partial charge in [0.05, 0.1) is 17.1 Å². The van der Waals surface area contributed by atoms with E-state index in [1.807, 2.05) is 0 Å². The molecule has 0 bridgehead atoms. The Morgan fingerprint density at radius 1 is 1.29 bits per heavy atom. The van der Waals surface area contributed by atoms with Gasteiger partial charge in [-0.2, -0.15) is 0 Å². The highest BCUT2D eigenvalue weighted by Crippen LogP contribution is 2.29. The molecule has 1 atom stereocenters. The number of fused-ring (bicyclic) bond motifs is 1. The van der Waals surface area contributed by atoms with Crippen LogP contribution in [-0.2, 0) is 21.1 Å². The second-order valence-electron chi connectivity index (χ2n) is 5.50. The van der Waals surface area contributed by atoms with E-state index in [1.54, 1.807) is 0 Å². The van der Waals surface area contributed by atoms with Crippen LogP contribution in [-0.4, -0.2) is 31.6 Å². The predicted molar refractivity (Wildman–Crippen MR) is 74.4 cm³/mol. The number of ketones is 1. The number of rotatable bonds is 2. The maximum Gasteiger partial charge on any atom is 0.224 e. The van der Waals surface area contributed by atoms with Crippen molar-refractivity contribution in [1.82, 2.24) is 0 Å². The summed E-state index contributed by atoms with van der Waals surface area (Å²) in [4.78, 5) is 23.6. The van der Waals surface area contributed by atoms with Gasteiger partial charge in [-0.25, -0.2) is 12.8 Å². The average molecular weight is 311 g/mol. The number of carbonyl (C=O) groups excluding carboxylic acids is 2. The zero-order valence-corrected chi connectivity index (χ0v) is 12.0. The van der Waals surface area contributed by atoms with Gasteiger partial charge in [0.1, 0.15) is 5.82 Å². The molecule has 3 rings (SSSR count). The van der Waals surface area contributed by atoms with Gasteiger partial charge >= 0.3 is 0 Å². The van der Waals surface area contributed by atoms with Crippen molar-refractivity contribution in [3.8, 4) is 0 Å². The number of hydrogen-bond donors (Lipinski definition) is 1. The Hall–Kier alpha value is -1.76. The summed E-state index contributed by atoms with van der Waals surface area (Å²) in [5.41, 5.74) is 1.02. The minimum absolute atomic E-state index is 0.0218. The number of aryl methyl sites for hydroxylation is 1. The standard InChI is InChI=1S/C14H14FNO4S/c15-11-6-12-8(1-2-13(17)16-12)5-10(11)14(18)9-3-4-21(19,20)7-9/h5-6,9H,1-4,7H2,(H,16,17). The normalized spacial score (nSPS) is 23.5. The van der Waals surface area contributed by atoms with Crippen molar-refractivity contribution in [2.24, 2.45) is 5.92 Å². The fraction of sp³-hybridized carbons (Fsp3) is 0.429. The first-order chi connectivity index (χ1) is 9.85. The van der Waals surface area contributed by atoms with Gasteiger partial charge in [-0.1, -0.05) is 0 Å². The SMILES string of the molecule is O=C1CCc2cc(C(=O)C3CCS(=O)(=O)C3)c(F)cc2N1. The number of anilines is 1. The number of sulfone groups is 1. The van der Waals surface area contributed by atoms with Crippen LogP contribution in [0.2, 0.25) is 0 Å². The Kier molecular flexibility index (Phi) is 3.32. The van der Waals surface area contributed by atoms with E-state index >= 15 is 0 Å². The molecule has 0 aromatic heterocycles. The lowest BCUT2D eigenvalue weighted by Crippen LogP contribution is -2.22. The van der Waals surface area contributed by atoms with Crippen molar-refractivity contribution < 1.29 is 22.4 Å². The minimum Gasteiger partial charge on any atom is -0.326 e. The van der Waals surface area contributed by atoms with Crippen molar-refractivity contribution >= 4 is 27.2 Å². The lowest BCUT2D eigenvalue weighted by Gasteiger charge is -2.18. The lowest BCUT2D eigenvalue weighted by atomic mass is 9.93. The molecule has 1 unspecified atom stereocenters. The molecule has 1 aromatic rings. The van der Waals surface area contributed by atoms with Crippen LogP contribution < -0.4 is 5.32 Å². The van der Waals surface area contributed by atoms with E-state index in [0.29, 0.717) is 24.1 Å². The van der Waals surface area contributed by atoms with Crippen LogP contribution >= 0.6 is 0 Å². The molecule has 1 amide bonds. The number of hydrogen-bond acceptors (Lipinski definition) is 4. The third-order valence-corrected chi connectivity index (χ3v) is 5.73. The summed E-state index contributed by atoms with van der Waals surface area (Å²) >= 11 is 0. The van der Waals surface area contributed by atoms with E-state index in [2.05, 4.69) is 5.32 Å². The van der Waals surface area contributed by atoms with Gasteiger partial charge in [-0.15, -0.1) is 0 Å². The van der Waals surface area contributed by atoms with Crippen LogP contribution in [0.25, 0.3) is 0 Å². The molecule has 1 aromatic carbocycles. The number of nitrogens with one attached hydrogen (secondary N) is 1. The largest absolute Gasteiger partial charge is 0.326 e. The highest BCUT2D eigenvalue weighted by atomic mass is 32.2. The zero-order chi connectivity index (χ0) is 15.2. The van der Waals surface area contributed by atoms with Crippen LogP contribution in [0.1, 0.15) is 28.8 Å². The van der Waals surface area contributed by atoms with E-state index in [9.17, 15) is 22.4 Å². The molecule has 1 saturated heterocycles. The molecule has 2 aliphatic rings. The van der Waals surface area contributed by atoms with Gasteiger partial charge in [0.2, 0.25) is 5.91 Å². The molecule has 2 heterocycles. The Morgan fingerprint density at radius 2 is 2.05 bits per heavy atom. The molecule has 0 aliphatic carbocycles. The van der Waals surface area contributed by atoms with Gasteiger partial charge in [-0.3, -0.25) is 9.59 Å². The Labute approximate surface area is 121 Å². The quantitative estimate of drug-likeness (QED) is 0.836. The monoisotopic (exact) mass is 311 g/mol. The number of benzene rings is 1. The van der Waals surface area contributed by atoms with Gasteiger partial charge in [0.25, 0.3) is 0 Å². The first-order valence-electron chi connectivity index (χ1n) is 6.72. The number of carbonyl (C=O) groups is 2. The number of halogens is 1. The maximum atomic E-state index is 14.1. The zero-order valence-electron chi connectivity index (χ0n) is 11.2. The molecule has 7 heteroatoms. The minimum atomic E-state index is -3.19. The van der Waals surface area contributed by atoms with Gasteiger partial charge in [-0.05, 0) is 30.5 Å². The second kappa shape index (κ2) is 4.91. The lowest BCUT2D eigenvalue weighted by molar-refractivity contribution is -0.116. The summed E-state index contributed by atoms with van der Waals surface area (Å²) in [6.07, 6.45) is 0.989. The first kappa shape index (κ1) is 14.2. The molecule has 1 N–H and O–H groups in total. The summed E-state index contributed by atoms with van der Waals surface area (Å²) in [5.74, 6) is -2.26. The first-order valence-corrected chi connectivity index (χ1v) is 8.55. The van der Waals surface area contributed by atoms with Gasteiger partial charge in [0.15, 0.2) is 15.6 Å². The smallest absolute Gasteiger partial charge is 0.224 e. The fourth-order valence-electron chi connectivity index (χ4n) is 2.81. The fourth-order valence-corrected chi connectivity index (χ4v) is 4.55. The van der Waals surface area contributed by atoms with Crippen molar-refractivity contribution in [3.63, 3.8) is 0 Å². The van der Waals surface area contributed by atoms with Gasteiger partial charge < -0.3 is 5.32 Å². The van der Waals surface area contributed by atoms with Crippen molar-refractivity contribution in [1.29, 1.82) is 0 Å². The van der Waals surface area contributed by atoms with Crippen LogP contribution in [0.3, 0.4) is 0 Å². The van der Waals surface area contributed by atoms with Crippen LogP contribution in [0.15, 0.2) is 12.1 Å². The molecule has 1 fully saturated rings. The molecule has 2 aliphatic heterocycles. The summed E-state index contributed by atoms with van der Waals surface area (Å²) in [7, 11) is -3.19. The number of Topliss-reactive ketones (excluding diaryl/α,β-unsaturated/α-hetero) is 1. The van der Waals surface area contributed by atoms with E-state index < -0.39 is 27.4 Å². The van der Waals surface area contributed by atoms with Crippen LogP contribution in [0.5, 0.6) is 0 Å². The number of amides is 1. The molecular weight excluding hydrogens is 297 g/mol. The average Bonchev–Trinajstić information content (AvgIpc) is 2.77. The predicted octanol–water partition coefficient (Wildman–Crippen LogP) is 1.33. The van der Waals surface area contributed by atoms with E-state index in [0.717, 1.165) is 6.07 Å². The summed E-state index contributed by atoms with van der Waals surface area (Å²) in [6, 6.07) is 2.58. The molecular formula is C14H14FNO4S. The van der Waals surface area contributed by atoms with Crippen molar-refractivity contribution in [3.05, 3.63) is 29.1 Å². The highest BCUT2D eigenvalue weighted by molar-refractivity contribution is 7.91. The molecule has 5 nitrogen and oxygen atoms in total. The van der Waals surface area contributed by atoms with Crippen molar-refractivity contribution in [2.45, 2.75) is 19.3 Å². The van der Waals surface area contributed by atoms with Crippen molar-refractivity contribution in [2.75, 3.05) is 16.8 Å². The summed E-state index contributed by atoms with van der Waals surface area (Å²) < 4.78 is 37.0. The molecule has 112 valence electrons. The Bertz CT molecular complexity index is 742. The van der Waals surface area contributed by atoms with Crippen LogP contribution in [0, 0.1) is 11.7 Å². The maximum absolute atomic E-state index is 14.1. The topological polar surface area (TPSA) is 80.3 Å². The highest BCUT2D eigenvalue weighted by Gasteiger charge is 2.35. The summed E-state index contributed by atoms with van der Waals surface area (Å²) in [5, 5.41) is 2.56. The summed E-state index contributed by atoms with van der Waals surface area (Å²) in [6.45, 7) is 0. The van der Waals surface area contributed by atoms with E-state index in [1.165, 1.54) is 6.07 Å². The van der Waals surface area contributed by atoms with E-state index in [-0.39, 0.29) is 29.4 Å². The molecule has 0 saturated carbocycles. The second-order valence-corrected chi connectivity index (χ2v) is 7.73. The Balaban J connectivity index is 1.92. The molecule has 21 heavy (non-hydrogen) atoms. The van der Waals surface area contributed by atoms with Gasteiger partial charge in [0, 0.05) is 18.0 Å². The molecule has 0 spiro atoms.